The molecule has 0 atom stereocenters. The number of nitrogens with zero attached hydrogens (tertiary/aromatic N) is 3. The van der Waals surface area contributed by atoms with E-state index in [1.807, 2.05) is 0 Å². The van der Waals surface area contributed by atoms with Crippen LogP contribution in [0.4, 0.5) is 18.9 Å². The summed E-state index contributed by atoms with van der Waals surface area (Å²) in [5.41, 5.74) is 1.29. The Kier molecular flexibility index (Phi) is 4.02. The maximum absolute atomic E-state index is 12.7. The summed E-state index contributed by atoms with van der Waals surface area (Å²) in [5.74, 6) is 0. The third-order valence-electron chi connectivity index (χ3n) is 2.93. The Hall–Kier alpha value is -2.31. The minimum atomic E-state index is -4.46. The first kappa shape index (κ1) is 15.1. The number of alkyl halides is 3. The van der Waals surface area contributed by atoms with Crippen molar-refractivity contribution in [3.63, 3.8) is 0 Å². The van der Waals surface area contributed by atoms with Gasteiger partial charge in [-0.05, 0) is 24.1 Å². The standard InChI is InChI=1S/C14H15F3N4/c1-9(2)13-10(4-5-12(20-13)14(15,16)17)7-21-8-11(18-3)6-19-21/h4-6,8,18H,1,7H2,2-3H3. The quantitative estimate of drug-likeness (QED) is 0.940. The number of halogens is 3. The molecule has 0 fully saturated rings. The van der Waals surface area contributed by atoms with Gasteiger partial charge < -0.3 is 5.32 Å². The number of nitrogens with one attached hydrogen (secondary N) is 1. The van der Waals surface area contributed by atoms with E-state index in [0.29, 0.717) is 17.7 Å². The molecule has 1 N–H and O–H groups in total. The van der Waals surface area contributed by atoms with Crippen molar-refractivity contribution in [3.05, 3.63) is 48.1 Å². The molecule has 0 radical (unpaired) electrons. The SMILES string of the molecule is C=C(C)c1nc(C(F)(F)F)ccc1Cn1cc(NC)cn1. The minimum absolute atomic E-state index is 0.256. The maximum Gasteiger partial charge on any atom is 0.433 e. The van der Waals surface area contributed by atoms with Crippen LogP contribution in [0.25, 0.3) is 5.57 Å². The van der Waals surface area contributed by atoms with Crippen molar-refractivity contribution in [1.29, 1.82) is 0 Å². The largest absolute Gasteiger partial charge is 0.433 e. The zero-order valence-corrected chi connectivity index (χ0v) is 11.7. The van der Waals surface area contributed by atoms with Gasteiger partial charge in [0.15, 0.2) is 0 Å². The van der Waals surface area contributed by atoms with Gasteiger partial charge in [0.05, 0.1) is 24.1 Å². The predicted octanol–water partition coefficient (Wildman–Crippen LogP) is 3.42. The van der Waals surface area contributed by atoms with Crippen LogP contribution in [0.2, 0.25) is 0 Å². The zero-order chi connectivity index (χ0) is 15.6. The van der Waals surface area contributed by atoms with Gasteiger partial charge in [0, 0.05) is 13.2 Å². The Morgan fingerprint density at radius 2 is 2.10 bits per heavy atom. The van der Waals surface area contributed by atoms with Gasteiger partial charge in [0.25, 0.3) is 0 Å². The number of hydrogen-bond donors (Lipinski definition) is 1. The van der Waals surface area contributed by atoms with Crippen molar-refractivity contribution in [2.24, 2.45) is 0 Å². The molecule has 0 aromatic carbocycles. The second-order valence-corrected chi connectivity index (χ2v) is 4.66. The topological polar surface area (TPSA) is 42.7 Å². The van der Waals surface area contributed by atoms with Crippen molar-refractivity contribution in [3.8, 4) is 0 Å². The molecular formula is C14H15F3N4. The van der Waals surface area contributed by atoms with Crippen LogP contribution in [-0.4, -0.2) is 21.8 Å². The average Bonchev–Trinajstić information content (AvgIpc) is 2.85. The van der Waals surface area contributed by atoms with Gasteiger partial charge in [-0.15, -0.1) is 0 Å². The molecule has 2 rings (SSSR count). The minimum Gasteiger partial charge on any atom is -0.386 e. The number of rotatable bonds is 4. The summed E-state index contributed by atoms with van der Waals surface area (Å²) in [6, 6.07) is 2.39. The highest BCUT2D eigenvalue weighted by molar-refractivity contribution is 5.61. The highest BCUT2D eigenvalue weighted by atomic mass is 19.4. The fourth-order valence-corrected chi connectivity index (χ4v) is 1.90. The van der Waals surface area contributed by atoms with E-state index in [4.69, 9.17) is 0 Å². The fraction of sp³-hybridized carbons (Fsp3) is 0.286. The zero-order valence-electron chi connectivity index (χ0n) is 11.7. The summed E-state index contributed by atoms with van der Waals surface area (Å²) >= 11 is 0. The monoisotopic (exact) mass is 296 g/mol. The van der Waals surface area contributed by atoms with E-state index in [-0.39, 0.29) is 5.69 Å². The molecule has 0 spiro atoms. The molecule has 0 saturated carbocycles. The lowest BCUT2D eigenvalue weighted by Crippen LogP contribution is -2.12. The molecule has 2 heterocycles. The average molecular weight is 296 g/mol. The highest BCUT2D eigenvalue weighted by Gasteiger charge is 2.33. The number of pyridine rings is 1. The first-order valence-corrected chi connectivity index (χ1v) is 6.24. The Labute approximate surface area is 120 Å². The summed E-state index contributed by atoms with van der Waals surface area (Å²) in [6.07, 6.45) is -1.06. The van der Waals surface area contributed by atoms with Gasteiger partial charge in [-0.1, -0.05) is 12.6 Å². The van der Waals surface area contributed by atoms with Gasteiger partial charge >= 0.3 is 6.18 Å². The normalized spacial score (nSPS) is 11.5. The van der Waals surface area contributed by atoms with Crippen LogP contribution in [-0.2, 0) is 12.7 Å². The first-order valence-electron chi connectivity index (χ1n) is 6.24. The van der Waals surface area contributed by atoms with Crippen molar-refractivity contribution in [2.45, 2.75) is 19.6 Å². The van der Waals surface area contributed by atoms with Crippen LogP contribution in [0, 0.1) is 0 Å². The summed E-state index contributed by atoms with van der Waals surface area (Å²) in [5, 5.41) is 7.06. The predicted molar refractivity (Wildman–Crippen MR) is 74.8 cm³/mol. The van der Waals surface area contributed by atoms with E-state index in [9.17, 15) is 13.2 Å². The van der Waals surface area contributed by atoms with Gasteiger partial charge in [-0.25, -0.2) is 4.98 Å². The number of hydrogen-bond acceptors (Lipinski definition) is 3. The Bertz CT molecular complexity index is 658. The van der Waals surface area contributed by atoms with Crippen LogP contribution in [0.5, 0.6) is 0 Å². The van der Waals surface area contributed by atoms with Crippen molar-refractivity contribution in [2.75, 3.05) is 12.4 Å². The Morgan fingerprint density at radius 3 is 2.62 bits per heavy atom. The number of aromatic nitrogens is 3. The van der Waals surface area contributed by atoms with Crippen LogP contribution in [0.1, 0.15) is 23.9 Å². The van der Waals surface area contributed by atoms with Crippen LogP contribution in [0.15, 0.2) is 31.1 Å². The lowest BCUT2D eigenvalue weighted by molar-refractivity contribution is -0.141. The van der Waals surface area contributed by atoms with Gasteiger partial charge in [0.1, 0.15) is 5.69 Å². The summed E-state index contributed by atoms with van der Waals surface area (Å²) in [7, 11) is 1.76. The summed E-state index contributed by atoms with van der Waals surface area (Å²) in [6.45, 7) is 5.66. The van der Waals surface area contributed by atoms with E-state index in [1.165, 1.54) is 6.07 Å². The van der Waals surface area contributed by atoms with Crippen molar-refractivity contribution >= 4 is 11.3 Å². The maximum atomic E-state index is 12.7. The third kappa shape index (κ3) is 3.42. The molecule has 21 heavy (non-hydrogen) atoms. The lowest BCUT2D eigenvalue weighted by atomic mass is 10.1. The van der Waals surface area contributed by atoms with E-state index >= 15 is 0 Å². The van der Waals surface area contributed by atoms with Crippen molar-refractivity contribution in [1.82, 2.24) is 14.8 Å². The Morgan fingerprint density at radius 1 is 1.38 bits per heavy atom. The molecule has 0 bridgehead atoms. The second-order valence-electron chi connectivity index (χ2n) is 4.66. The molecule has 0 amide bonds. The summed E-state index contributed by atoms with van der Waals surface area (Å²) < 4.78 is 39.8. The van der Waals surface area contributed by atoms with E-state index < -0.39 is 11.9 Å². The molecule has 0 saturated heterocycles. The Balaban J connectivity index is 2.36. The van der Waals surface area contributed by atoms with Crippen molar-refractivity contribution < 1.29 is 13.2 Å². The molecule has 112 valence electrons. The van der Waals surface area contributed by atoms with E-state index in [0.717, 1.165) is 11.8 Å². The molecule has 0 unspecified atom stereocenters. The highest BCUT2D eigenvalue weighted by Crippen LogP contribution is 2.29. The van der Waals surface area contributed by atoms with Crippen LogP contribution < -0.4 is 5.32 Å². The van der Waals surface area contributed by atoms with Crippen LogP contribution in [0.3, 0.4) is 0 Å². The van der Waals surface area contributed by atoms with Gasteiger partial charge in [-0.2, -0.15) is 18.3 Å². The molecule has 0 aliphatic rings. The molecule has 0 aliphatic heterocycles. The number of allylic oxidation sites excluding steroid dienone is 1. The third-order valence-corrected chi connectivity index (χ3v) is 2.93. The molecule has 2 aromatic rings. The molecular weight excluding hydrogens is 281 g/mol. The second kappa shape index (κ2) is 5.59. The van der Waals surface area contributed by atoms with E-state index in [1.54, 1.807) is 31.0 Å². The first-order chi connectivity index (χ1) is 9.81. The lowest BCUT2D eigenvalue weighted by Gasteiger charge is -2.12. The smallest absolute Gasteiger partial charge is 0.386 e. The molecule has 4 nitrogen and oxygen atoms in total. The number of anilines is 1. The fourth-order valence-electron chi connectivity index (χ4n) is 1.90. The van der Waals surface area contributed by atoms with Gasteiger partial charge in [0.2, 0.25) is 0 Å². The van der Waals surface area contributed by atoms with Crippen LogP contribution >= 0.6 is 0 Å². The molecule has 0 aliphatic carbocycles. The molecule has 2 aromatic heterocycles. The molecule has 7 heteroatoms. The summed E-state index contributed by atoms with van der Waals surface area (Å²) in [4.78, 5) is 3.69. The van der Waals surface area contributed by atoms with Gasteiger partial charge in [-0.3, -0.25) is 4.68 Å². The van der Waals surface area contributed by atoms with E-state index in [2.05, 4.69) is 22.0 Å².